The highest BCUT2D eigenvalue weighted by molar-refractivity contribution is 4.64. The zero-order chi connectivity index (χ0) is 10.1. The largest absolute Gasteiger partial charge is 0.394 e. The molecule has 0 aromatic rings. The lowest BCUT2D eigenvalue weighted by atomic mass is 10.1. The molecule has 0 bridgehead atoms. The molecule has 2 atom stereocenters. The fraction of sp³-hybridized carbons (Fsp3) is 1.00. The lowest BCUT2D eigenvalue weighted by molar-refractivity contribution is 0.0920. The molecule has 3 heteroatoms. The van der Waals surface area contributed by atoms with E-state index in [-0.39, 0.29) is 6.61 Å². The Balaban J connectivity index is 3.24. The third-order valence-electron chi connectivity index (χ3n) is 2.15. The topological polar surface area (TPSA) is 52.5 Å². The lowest BCUT2D eigenvalue weighted by Crippen LogP contribution is -2.35. The van der Waals surface area contributed by atoms with Crippen molar-refractivity contribution in [2.45, 2.75) is 51.7 Å². The van der Waals surface area contributed by atoms with Gasteiger partial charge in [-0.25, -0.2) is 0 Å². The summed E-state index contributed by atoms with van der Waals surface area (Å²) in [6, 6.07) is 0.438. The number of hydrogen-bond acceptors (Lipinski definition) is 3. The molecule has 0 fully saturated rings. The molecule has 3 N–H and O–H groups in total. The smallest absolute Gasteiger partial charge is 0.0895 e. The van der Waals surface area contributed by atoms with Crippen LogP contribution in [0.3, 0.4) is 0 Å². The second-order valence-corrected chi connectivity index (χ2v) is 3.64. The fourth-order valence-corrected chi connectivity index (χ4v) is 1.20. The van der Waals surface area contributed by atoms with Gasteiger partial charge in [-0.15, -0.1) is 0 Å². The average molecular weight is 189 g/mol. The molecule has 80 valence electrons. The van der Waals surface area contributed by atoms with Gasteiger partial charge < -0.3 is 15.5 Å². The van der Waals surface area contributed by atoms with Crippen LogP contribution in [0.1, 0.15) is 39.5 Å². The van der Waals surface area contributed by atoms with Crippen LogP contribution in [0.4, 0.5) is 0 Å². The number of hydrogen-bond donors (Lipinski definition) is 3. The van der Waals surface area contributed by atoms with Crippen molar-refractivity contribution in [2.75, 3.05) is 13.2 Å². The minimum absolute atomic E-state index is 0.158. The number of aliphatic hydroxyl groups is 2. The first-order valence-corrected chi connectivity index (χ1v) is 5.23. The summed E-state index contributed by atoms with van der Waals surface area (Å²) in [7, 11) is 0. The van der Waals surface area contributed by atoms with E-state index < -0.39 is 6.10 Å². The molecular weight excluding hydrogens is 166 g/mol. The molecule has 0 aromatic carbocycles. The Hall–Kier alpha value is -0.120. The van der Waals surface area contributed by atoms with Gasteiger partial charge in [0.25, 0.3) is 0 Å². The Kier molecular flexibility index (Phi) is 8.40. The van der Waals surface area contributed by atoms with Gasteiger partial charge in [0.2, 0.25) is 0 Å². The van der Waals surface area contributed by atoms with E-state index >= 15 is 0 Å². The van der Waals surface area contributed by atoms with Crippen molar-refractivity contribution in [3.05, 3.63) is 0 Å². The van der Waals surface area contributed by atoms with Gasteiger partial charge in [-0.1, -0.05) is 26.2 Å². The molecular formula is C10H23NO2. The molecule has 0 radical (unpaired) electrons. The SMILES string of the molecule is CCCCCC(C)NC[C@H](O)CO. The van der Waals surface area contributed by atoms with E-state index in [2.05, 4.69) is 19.2 Å². The first-order chi connectivity index (χ1) is 6.20. The third-order valence-corrected chi connectivity index (χ3v) is 2.15. The molecule has 1 unspecified atom stereocenters. The molecule has 0 aromatic heterocycles. The van der Waals surface area contributed by atoms with E-state index in [0.29, 0.717) is 12.6 Å². The molecule has 0 saturated heterocycles. The predicted molar refractivity (Wildman–Crippen MR) is 54.7 cm³/mol. The number of unbranched alkanes of at least 4 members (excludes halogenated alkanes) is 2. The molecule has 0 heterocycles. The average Bonchev–Trinajstić information content (AvgIpc) is 2.14. The van der Waals surface area contributed by atoms with Gasteiger partial charge in [0.15, 0.2) is 0 Å². The van der Waals surface area contributed by atoms with Gasteiger partial charge in [0.1, 0.15) is 0 Å². The van der Waals surface area contributed by atoms with E-state index in [1.807, 2.05) is 0 Å². The van der Waals surface area contributed by atoms with E-state index in [0.717, 1.165) is 6.42 Å². The maximum absolute atomic E-state index is 9.07. The summed E-state index contributed by atoms with van der Waals surface area (Å²) < 4.78 is 0. The van der Waals surface area contributed by atoms with Gasteiger partial charge in [-0.3, -0.25) is 0 Å². The monoisotopic (exact) mass is 189 g/mol. The van der Waals surface area contributed by atoms with Crippen LogP contribution in [-0.2, 0) is 0 Å². The first kappa shape index (κ1) is 12.9. The zero-order valence-corrected chi connectivity index (χ0v) is 8.79. The molecule has 0 saturated carbocycles. The maximum atomic E-state index is 9.07. The summed E-state index contributed by atoms with van der Waals surface area (Å²) in [6.07, 6.45) is 4.28. The van der Waals surface area contributed by atoms with Crippen molar-refractivity contribution in [2.24, 2.45) is 0 Å². The molecule has 0 amide bonds. The van der Waals surface area contributed by atoms with Gasteiger partial charge in [0, 0.05) is 12.6 Å². The molecule has 0 rings (SSSR count). The molecule has 3 nitrogen and oxygen atoms in total. The van der Waals surface area contributed by atoms with Crippen molar-refractivity contribution < 1.29 is 10.2 Å². The van der Waals surface area contributed by atoms with Crippen molar-refractivity contribution in [3.8, 4) is 0 Å². The second kappa shape index (κ2) is 8.48. The highest BCUT2D eigenvalue weighted by atomic mass is 16.3. The van der Waals surface area contributed by atoms with E-state index in [1.165, 1.54) is 19.3 Å². The van der Waals surface area contributed by atoms with Crippen LogP contribution in [0, 0.1) is 0 Å². The number of nitrogens with one attached hydrogen (secondary N) is 1. The molecule has 0 aliphatic rings. The van der Waals surface area contributed by atoms with Gasteiger partial charge >= 0.3 is 0 Å². The van der Waals surface area contributed by atoms with Crippen LogP contribution in [0.5, 0.6) is 0 Å². The van der Waals surface area contributed by atoms with Crippen molar-refractivity contribution in [1.82, 2.24) is 5.32 Å². The summed E-state index contributed by atoms with van der Waals surface area (Å²) in [6.45, 7) is 4.63. The summed E-state index contributed by atoms with van der Waals surface area (Å²) in [5, 5.41) is 20.8. The summed E-state index contributed by atoms with van der Waals surface area (Å²) in [5.74, 6) is 0. The van der Waals surface area contributed by atoms with E-state index in [9.17, 15) is 0 Å². The zero-order valence-electron chi connectivity index (χ0n) is 8.79. The number of rotatable bonds is 8. The van der Waals surface area contributed by atoms with Gasteiger partial charge in [0.05, 0.1) is 12.7 Å². The quantitative estimate of drug-likeness (QED) is 0.497. The summed E-state index contributed by atoms with van der Waals surface area (Å²) in [4.78, 5) is 0. The van der Waals surface area contributed by atoms with Crippen molar-refractivity contribution in [1.29, 1.82) is 0 Å². The Morgan fingerprint density at radius 1 is 1.31 bits per heavy atom. The fourth-order valence-electron chi connectivity index (χ4n) is 1.20. The summed E-state index contributed by atoms with van der Waals surface area (Å²) >= 11 is 0. The standard InChI is InChI=1S/C10H23NO2/c1-3-4-5-6-9(2)11-7-10(13)8-12/h9-13H,3-8H2,1-2H3/t9?,10-/m0/s1. The normalized spacial score (nSPS) is 15.7. The minimum atomic E-state index is -0.617. The van der Waals surface area contributed by atoms with Gasteiger partial charge in [-0.05, 0) is 13.3 Å². The number of aliphatic hydroxyl groups excluding tert-OH is 2. The van der Waals surface area contributed by atoms with Crippen LogP contribution in [0.2, 0.25) is 0 Å². The van der Waals surface area contributed by atoms with Crippen LogP contribution in [-0.4, -0.2) is 35.5 Å². The predicted octanol–water partition coefficient (Wildman–Crippen LogP) is 0.898. The van der Waals surface area contributed by atoms with Crippen LogP contribution in [0.15, 0.2) is 0 Å². The highest BCUT2D eigenvalue weighted by Gasteiger charge is 2.04. The lowest BCUT2D eigenvalue weighted by Gasteiger charge is -2.15. The van der Waals surface area contributed by atoms with Crippen molar-refractivity contribution >= 4 is 0 Å². The van der Waals surface area contributed by atoms with E-state index in [4.69, 9.17) is 10.2 Å². The molecule has 0 aliphatic heterocycles. The van der Waals surface area contributed by atoms with Crippen LogP contribution in [0.25, 0.3) is 0 Å². The Morgan fingerprint density at radius 3 is 2.54 bits per heavy atom. The first-order valence-electron chi connectivity index (χ1n) is 5.23. The Bertz CT molecular complexity index is 109. The third kappa shape index (κ3) is 8.22. The summed E-state index contributed by atoms with van der Waals surface area (Å²) in [5.41, 5.74) is 0. The molecule has 13 heavy (non-hydrogen) atoms. The van der Waals surface area contributed by atoms with Crippen LogP contribution >= 0.6 is 0 Å². The van der Waals surface area contributed by atoms with Crippen molar-refractivity contribution in [3.63, 3.8) is 0 Å². The second-order valence-electron chi connectivity index (χ2n) is 3.64. The molecule has 0 spiro atoms. The maximum Gasteiger partial charge on any atom is 0.0895 e. The highest BCUT2D eigenvalue weighted by Crippen LogP contribution is 2.02. The molecule has 0 aliphatic carbocycles. The Labute approximate surface area is 81.2 Å². The minimum Gasteiger partial charge on any atom is -0.394 e. The van der Waals surface area contributed by atoms with Crippen LogP contribution < -0.4 is 5.32 Å². The Morgan fingerprint density at radius 2 is 2.00 bits per heavy atom. The van der Waals surface area contributed by atoms with Gasteiger partial charge in [-0.2, -0.15) is 0 Å². The van der Waals surface area contributed by atoms with E-state index in [1.54, 1.807) is 0 Å².